The molecule has 3 atom stereocenters. The fourth-order valence-electron chi connectivity index (χ4n) is 5.09. The van der Waals surface area contributed by atoms with Gasteiger partial charge in [0.05, 0.1) is 7.11 Å². The Balaban J connectivity index is 1.79. The van der Waals surface area contributed by atoms with E-state index in [1.54, 1.807) is 25.5 Å². The standard InChI is InChI=1S/C18H27N3O3S/c1-19(2)25(22,23)21-12-15(14-6-4-5-7-16(14)24-3)18-17(21)13-8-10-20(18)11-9-13/h4-7,13,15,17-18H,8-12H2,1-3H3/t15-,17+,18+/m1/s1. The molecule has 6 nitrogen and oxygen atoms in total. The predicted molar refractivity (Wildman–Crippen MR) is 96.9 cm³/mol. The van der Waals surface area contributed by atoms with Crippen molar-refractivity contribution < 1.29 is 13.2 Å². The number of rotatable bonds is 4. The van der Waals surface area contributed by atoms with Crippen molar-refractivity contribution in [3.8, 4) is 5.75 Å². The SMILES string of the molecule is COc1ccccc1[C@H]1CN(S(=O)(=O)N(C)C)[C@H]2C3CCN(CC3)[C@@H]12. The van der Waals surface area contributed by atoms with Crippen molar-refractivity contribution in [3.05, 3.63) is 29.8 Å². The summed E-state index contributed by atoms with van der Waals surface area (Å²) in [6.07, 6.45) is 2.19. The van der Waals surface area contributed by atoms with Crippen LogP contribution in [0.3, 0.4) is 0 Å². The van der Waals surface area contributed by atoms with E-state index in [1.807, 2.05) is 18.2 Å². The predicted octanol–water partition coefficient (Wildman–Crippen LogP) is 1.36. The molecule has 0 radical (unpaired) electrons. The molecule has 0 N–H and O–H groups in total. The minimum absolute atomic E-state index is 0.0739. The number of benzene rings is 1. The number of piperidine rings is 3. The van der Waals surface area contributed by atoms with Crippen LogP contribution in [0.25, 0.3) is 0 Å². The number of ether oxygens (including phenoxy) is 1. The lowest BCUT2D eigenvalue weighted by atomic mass is 9.75. The molecular formula is C18H27N3O3S. The molecule has 4 aliphatic heterocycles. The fraction of sp³-hybridized carbons (Fsp3) is 0.667. The molecule has 1 aromatic carbocycles. The van der Waals surface area contributed by atoms with Crippen LogP contribution in [0.5, 0.6) is 5.75 Å². The topological polar surface area (TPSA) is 53.1 Å². The number of para-hydroxylation sites is 1. The van der Waals surface area contributed by atoms with Gasteiger partial charge in [-0.05, 0) is 37.9 Å². The van der Waals surface area contributed by atoms with Gasteiger partial charge in [-0.25, -0.2) is 0 Å². The first-order chi connectivity index (χ1) is 11.9. The number of hydrogen-bond donors (Lipinski definition) is 0. The van der Waals surface area contributed by atoms with E-state index in [4.69, 9.17) is 4.74 Å². The van der Waals surface area contributed by atoms with Crippen molar-refractivity contribution in [2.45, 2.75) is 30.8 Å². The molecule has 25 heavy (non-hydrogen) atoms. The van der Waals surface area contributed by atoms with Crippen molar-refractivity contribution in [1.82, 2.24) is 13.5 Å². The van der Waals surface area contributed by atoms with Gasteiger partial charge in [0.25, 0.3) is 10.2 Å². The van der Waals surface area contributed by atoms with Crippen molar-refractivity contribution in [2.75, 3.05) is 40.8 Å². The molecule has 0 saturated carbocycles. The Morgan fingerprint density at radius 3 is 2.44 bits per heavy atom. The van der Waals surface area contributed by atoms with E-state index in [9.17, 15) is 8.42 Å². The zero-order chi connectivity index (χ0) is 17.8. The Hall–Kier alpha value is -1.15. The van der Waals surface area contributed by atoms with Crippen LogP contribution in [-0.4, -0.2) is 74.9 Å². The maximum absolute atomic E-state index is 13.0. The minimum Gasteiger partial charge on any atom is -0.496 e. The molecule has 138 valence electrons. The number of methoxy groups -OCH3 is 1. The molecule has 2 bridgehead atoms. The summed E-state index contributed by atoms with van der Waals surface area (Å²) >= 11 is 0. The van der Waals surface area contributed by atoms with E-state index < -0.39 is 10.2 Å². The lowest BCUT2D eigenvalue weighted by molar-refractivity contribution is 0.0113. The molecule has 4 heterocycles. The van der Waals surface area contributed by atoms with Gasteiger partial charge in [0, 0.05) is 44.2 Å². The van der Waals surface area contributed by atoms with E-state index in [0.29, 0.717) is 12.5 Å². The smallest absolute Gasteiger partial charge is 0.281 e. The van der Waals surface area contributed by atoms with Crippen LogP contribution in [0.1, 0.15) is 24.3 Å². The normalized spacial score (nSPS) is 35.1. The second-order valence-electron chi connectivity index (χ2n) is 7.56. The van der Waals surface area contributed by atoms with E-state index in [1.165, 1.54) is 4.31 Å². The van der Waals surface area contributed by atoms with Gasteiger partial charge in [0.2, 0.25) is 0 Å². The van der Waals surface area contributed by atoms with E-state index in [0.717, 1.165) is 37.2 Å². The molecule has 4 saturated heterocycles. The van der Waals surface area contributed by atoms with Crippen molar-refractivity contribution in [1.29, 1.82) is 0 Å². The molecule has 7 heteroatoms. The van der Waals surface area contributed by atoms with Crippen molar-refractivity contribution in [2.24, 2.45) is 5.92 Å². The number of nitrogens with zero attached hydrogens (tertiary/aromatic N) is 3. The summed E-state index contributed by atoms with van der Waals surface area (Å²) < 4.78 is 34.7. The Morgan fingerprint density at radius 2 is 1.80 bits per heavy atom. The van der Waals surface area contributed by atoms with E-state index in [2.05, 4.69) is 11.0 Å². The summed E-state index contributed by atoms with van der Waals surface area (Å²) in [4.78, 5) is 2.51. The highest BCUT2D eigenvalue weighted by Gasteiger charge is 2.57. The van der Waals surface area contributed by atoms with Crippen LogP contribution in [0, 0.1) is 5.92 Å². The largest absolute Gasteiger partial charge is 0.496 e. The third-order valence-electron chi connectivity index (χ3n) is 6.25. The maximum atomic E-state index is 13.0. The van der Waals surface area contributed by atoms with Gasteiger partial charge in [-0.3, -0.25) is 4.90 Å². The summed E-state index contributed by atoms with van der Waals surface area (Å²) in [6.45, 7) is 2.68. The molecule has 0 spiro atoms. The monoisotopic (exact) mass is 365 g/mol. The van der Waals surface area contributed by atoms with Crippen LogP contribution >= 0.6 is 0 Å². The Labute approximate surface area is 150 Å². The van der Waals surface area contributed by atoms with Gasteiger partial charge in [-0.2, -0.15) is 17.0 Å². The van der Waals surface area contributed by atoms with Gasteiger partial charge < -0.3 is 4.74 Å². The average Bonchev–Trinajstić information content (AvgIpc) is 3.06. The first kappa shape index (κ1) is 17.3. The molecular weight excluding hydrogens is 338 g/mol. The highest BCUT2D eigenvalue weighted by molar-refractivity contribution is 7.86. The molecule has 4 aliphatic rings. The minimum atomic E-state index is -3.43. The van der Waals surface area contributed by atoms with Gasteiger partial charge in [-0.1, -0.05) is 18.2 Å². The second kappa shape index (κ2) is 6.23. The molecule has 0 aliphatic carbocycles. The summed E-state index contributed by atoms with van der Waals surface area (Å²) in [6, 6.07) is 8.38. The highest BCUT2D eigenvalue weighted by Crippen LogP contribution is 2.49. The highest BCUT2D eigenvalue weighted by atomic mass is 32.2. The van der Waals surface area contributed by atoms with E-state index >= 15 is 0 Å². The summed E-state index contributed by atoms with van der Waals surface area (Å²) in [5.41, 5.74) is 1.13. The Kier molecular flexibility index (Phi) is 4.30. The van der Waals surface area contributed by atoms with Crippen LogP contribution < -0.4 is 4.74 Å². The van der Waals surface area contributed by atoms with Crippen LogP contribution in [0.15, 0.2) is 24.3 Å². The molecule has 0 amide bonds. The third kappa shape index (κ3) is 2.60. The van der Waals surface area contributed by atoms with Gasteiger partial charge in [-0.15, -0.1) is 0 Å². The first-order valence-electron chi connectivity index (χ1n) is 9.01. The number of fused-ring (bicyclic) bond motifs is 2. The lowest BCUT2D eigenvalue weighted by Crippen LogP contribution is -2.61. The lowest BCUT2D eigenvalue weighted by Gasteiger charge is -2.51. The Morgan fingerprint density at radius 1 is 1.12 bits per heavy atom. The van der Waals surface area contributed by atoms with E-state index in [-0.39, 0.29) is 18.0 Å². The fourth-order valence-corrected chi connectivity index (χ4v) is 6.46. The van der Waals surface area contributed by atoms with Crippen LogP contribution in [0.4, 0.5) is 0 Å². The summed E-state index contributed by atoms with van der Waals surface area (Å²) in [5.74, 6) is 1.47. The van der Waals surface area contributed by atoms with Crippen molar-refractivity contribution in [3.63, 3.8) is 0 Å². The first-order valence-corrected chi connectivity index (χ1v) is 10.4. The molecule has 4 fully saturated rings. The summed E-state index contributed by atoms with van der Waals surface area (Å²) in [5, 5.41) is 0. The Bertz CT molecular complexity index is 744. The number of hydrogen-bond acceptors (Lipinski definition) is 4. The second-order valence-corrected chi connectivity index (χ2v) is 9.66. The molecule has 5 rings (SSSR count). The summed E-state index contributed by atoms with van der Waals surface area (Å²) in [7, 11) is 1.51. The molecule has 0 aromatic heterocycles. The van der Waals surface area contributed by atoms with Crippen LogP contribution in [-0.2, 0) is 10.2 Å². The zero-order valence-electron chi connectivity index (χ0n) is 15.1. The molecule has 0 unspecified atom stereocenters. The van der Waals surface area contributed by atoms with Gasteiger partial charge >= 0.3 is 0 Å². The average molecular weight is 365 g/mol. The molecule has 1 aromatic rings. The van der Waals surface area contributed by atoms with Gasteiger partial charge in [0.1, 0.15) is 5.75 Å². The van der Waals surface area contributed by atoms with Crippen LogP contribution in [0.2, 0.25) is 0 Å². The van der Waals surface area contributed by atoms with Gasteiger partial charge in [0.15, 0.2) is 0 Å². The third-order valence-corrected chi connectivity index (χ3v) is 8.15. The van der Waals surface area contributed by atoms with Crippen molar-refractivity contribution >= 4 is 10.2 Å². The zero-order valence-corrected chi connectivity index (χ0v) is 15.9. The maximum Gasteiger partial charge on any atom is 0.281 e. The quantitative estimate of drug-likeness (QED) is 0.809.